The average Bonchev–Trinajstić information content (AvgIpc) is 3.20. The quantitative estimate of drug-likeness (QED) is 0.719. The summed E-state index contributed by atoms with van der Waals surface area (Å²) >= 11 is 0. The van der Waals surface area contributed by atoms with Gasteiger partial charge in [-0.05, 0) is 42.2 Å². The lowest BCUT2D eigenvalue weighted by Crippen LogP contribution is -3.11. The highest BCUT2D eigenvalue weighted by atomic mass is 16.5. The second kappa shape index (κ2) is 9.79. The molecule has 1 aliphatic heterocycles. The molecule has 1 aliphatic rings. The normalized spacial score (nSPS) is 18.5. The van der Waals surface area contributed by atoms with Crippen molar-refractivity contribution in [3.05, 3.63) is 53.1 Å². The van der Waals surface area contributed by atoms with Crippen LogP contribution in [-0.4, -0.2) is 33.2 Å². The minimum atomic E-state index is 0.0735. The van der Waals surface area contributed by atoms with Gasteiger partial charge in [0.05, 0.1) is 26.3 Å². The van der Waals surface area contributed by atoms with E-state index in [0.717, 1.165) is 55.0 Å². The lowest BCUT2D eigenvalue weighted by atomic mass is 10.0. The highest BCUT2D eigenvalue weighted by Crippen LogP contribution is 2.31. The van der Waals surface area contributed by atoms with Crippen molar-refractivity contribution in [2.24, 2.45) is 0 Å². The van der Waals surface area contributed by atoms with Crippen molar-refractivity contribution in [3.63, 3.8) is 0 Å². The average molecular weight is 398 g/mol. The SMILES string of the molecule is CCc1cccc(CC)c1NC(=O)C[NH+]1CCC[C@H]1c1cc(OC)ccc1OC. The largest absolute Gasteiger partial charge is 0.497 e. The summed E-state index contributed by atoms with van der Waals surface area (Å²) in [6.07, 6.45) is 3.95. The second-order valence-corrected chi connectivity index (χ2v) is 7.59. The summed E-state index contributed by atoms with van der Waals surface area (Å²) in [6.45, 7) is 5.68. The summed E-state index contributed by atoms with van der Waals surface area (Å²) in [7, 11) is 3.37. The van der Waals surface area contributed by atoms with Crippen molar-refractivity contribution in [1.29, 1.82) is 0 Å². The van der Waals surface area contributed by atoms with Crippen molar-refractivity contribution in [2.75, 3.05) is 32.6 Å². The number of carbonyl (C=O) groups is 1. The van der Waals surface area contributed by atoms with Gasteiger partial charge in [-0.25, -0.2) is 0 Å². The van der Waals surface area contributed by atoms with Crippen LogP contribution in [0.5, 0.6) is 11.5 Å². The summed E-state index contributed by atoms with van der Waals surface area (Å²) in [5.74, 6) is 1.76. The van der Waals surface area contributed by atoms with Gasteiger partial charge in [-0.1, -0.05) is 32.0 Å². The molecule has 0 bridgehead atoms. The van der Waals surface area contributed by atoms with E-state index in [2.05, 4.69) is 37.4 Å². The number of ether oxygens (including phenoxy) is 2. The molecule has 0 radical (unpaired) electrons. The number of hydrogen-bond acceptors (Lipinski definition) is 3. The third-order valence-corrected chi connectivity index (χ3v) is 5.95. The van der Waals surface area contributed by atoms with Crippen molar-refractivity contribution in [3.8, 4) is 11.5 Å². The van der Waals surface area contributed by atoms with Crippen LogP contribution in [0.2, 0.25) is 0 Å². The molecule has 0 aromatic heterocycles. The molecule has 2 aromatic carbocycles. The Bertz CT molecular complexity index is 828. The molecule has 2 atom stereocenters. The van der Waals surface area contributed by atoms with E-state index in [1.165, 1.54) is 16.0 Å². The summed E-state index contributed by atoms with van der Waals surface area (Å²) in [6, 6.07) is 12.4. The molecule has 3 rings (SSSR count). The van der Waals surface area contributed by atoms with Gasteiger partial charge in [0.15, 0.2) is 6.54 Å². The van der Waals surface area contributed by atoms with Crippen molar-refractivity contribution in [2.45, 2.75) is 45.6 Å². The fourth-order valence-corrected chi connectivity index (χ4v) is 4.40. The number of carbonyl (C=O) groups excluding carboxylic acids is 1. The predicted octanol–water partition coefficient (Wildman–Crippen LogP) is 3.19. The number of likely N-dealkylation sites (tertiary alicyclic amines) is 1. The van der Waals surface area contributed by atoms with Gasteiger partial charge in [-0.15, -0.1) is 0 Å². The Hall–Kier alpha value is -2.53. The number of rotatable bonds is 8. The van der Waals surface area contributed by atoms with Crippen LogP contribution >= 0.6 is 0 Å². The van der Waals surface area contributed by atoms with Gasteiger partial charge in [-0.3, -0.25) is 4.79 Å². The number of aryl methyl sites for hydroxylation is 2. The van der Waals surface area contributed by atoms with E-state index in [1.807, 2.05) is 18.2 Å². The Morgan fingerprint density at radius 2 is 1.83 bits per heavy atom. The van der Waals surface area contributed by atoms with Crippen LogP contribution in [0, 0.1) is 0 Å². The maximum atomic E-state index is 13.0. The number of para-hydroxylation sites is 1. The molecule has 0 aliphatic carbocycles. The van der Waals surface area contributed by atoms with Gasteiger partial charge in [0.2, 0.25) is 0 Å². The van der Waals surface area contributed by atoms with Gasteiger partial charge in [0, 0.05) is 18.5 Å². The molecule has 2 N–H and O–H groups in total. The molecule has 5 nitrogen and oxygen atoms in total. The molecule has 1 amide bonds. The fourth-order valence-electron chi connectivity index (χ4n) is 4.40. The number of hydrogen-bond donors (Lipinski definition) is 2. The molecule has 5 heteroatoms. The maximum Gasteiger partial charge on any atom is 0.279 e. The van der Waals surface area contributed by atoms with E-state index in [9.17, 15) is 4.79 Å². The molecule has 1 unspecified atom stereocenters. The number of benzene rings is 2. The lowest BCUT2D eigenvalue weighted by Gasteiger charge is -2.24. The van der Waals surface area contributed by atoms with Crippen molar-refractivity contribution >= 4 is 11.6 Å². The first-order chi connectivity index (χ1) is 14.1. The summed E-state index contributed by atoms with van der Waals surface area (Å²) in [4.78, 5) is 14.3. The molecule has 1 fully saturated rings. The Labute approximate surface area is 174 Å². The van der Waals surface area contributed by atoms with Gasteiger partial charge >= 0.3 is 0 Å². The van der Waals surface area contributed by atoms with E-state index in [4.69, 9.17) is 9.47 Å². The van der Waals surface area contributed by atoms with Crippen molar-refractivity contribution < 1.29 is 19.2 Å². The summed E-state index contributed by atoms with van der Waals surface area (Å²) in [5.41, 5.74) is 4.51. The zero-order valence-electron chi connectivity index (χ0n) is 18.0. The maximum absolute atomic E-state index is 13.0. The van der Waals surface area contributed by atoms with Gasteiger partial charge < -0.3 is 19.7 Å². The first-order valence-corrected chi connectivity index (χ1v) is 10.6. The fraction of sp³-hybridized carbons (Fsp3) is 0.458. The van der Waals surface area contributed by atoms with Gasteiger partial charge in [0.1, 0.15) is 17.5 Å². The molecule has 2 aromatic rings. The van der Waals surface area contributed by atoms with E-state index in [-0.39, 0.29) is 11.9 Å². The van der Waals surface area contributed by atoms with E-state index < -0.39 is 0 Å². The third kappa shape index (κ3) is 4.73. The Morgan fingerprint density at radius 1 is 1.10 bits per heavy atom. The van der Waals surface area contributed by atoms with E-state index in [1.54, 1.807) is 14.2 Å². The molecule has 29 heavy (non-hydrogen) atoms. The first-order valence-electron chi connectivity index (χ1n) is 10.6. The summed E-state index contributed by atoms with van der Waals surface area (Å²) < 4.78 is 11.0. The zero-order chi connectivity index (χ0) is 20.8. The predicted molar refractivity (Wildman–Crippen MR) is 116 cm³/mol. The molecular weight excluding hydrogens is 364 g/mol. The van der Waals surface area contributed by atoms with Gasteiger partial charge in [-0.2, -0.15) is 0 Å². The van der Waals surface area contributed by atoms with Crippen LogP contribution in [0.3, 0.4) is 0 Å². The van der Waals surface area contributed by atoms with E-state index in [0.29, 0.717) is 6.54 Å². The smallest absolute Gasteiger partial charge is 0.279 e. The van der Waals surface area contributed by atoms with Gasteiger partial charge in [0.25, 0.3) is 5.91 Å². The molecule has 156 valence electrons. The molecule has 1 heterocycles. The van der Waals surface area contributed by atoms with Crippen LogP contribution in [0.1, 0.15) is 49.4 Å². The second-order valence-electron chi connectivity index (χ2n) is 7.59. The number of amides is 1. The monoisotopic (exact) mass is 397 g/mol. The minimum Gasteiger partial charge on any atom is -0.497 e. The molecule has 0 spiro atoms. The molecule has 0 saturated carbocycles. The Morgan fingerprint density at radius 3 is 2.45 bits per heavy atom. The molecule has 1 saturated heterocycles. The highest BCUT2D eigenvalue weighted by molar-refractivity contribution is 5.93. The van der Waals surface area contributed by atoms with E-state index >= 15 is 0 Å². The Balaban J connectivity index is 1.78. The van der Waals surface area contributed by atoms with Crippen LogP contribution < -0.4 is 19.7 Å². The zero-order valence-corrected chi connectivity index (χ0v) is 18.0. The van der Waals surface area contributed by atoms with Crippen LogP contribution in [0.15, 0.2) is 36.4 Å². The number of methoxy groups -OCH3 is 2. The van der Waals surface area contributed by atoms with Crippen molar-refractivity contribution in [1.82, 2.24) is 0 Å². The number of quaternary nitrogens is 1. The van der Waals surface area contributed by atoms with Crippen LogP contribution in [0.4, 0.5) is 5.69 Å². The first kappa shape index (κ1) is 21.2. The standard InChI is InChI=1S/C24H32N2O3/c1-5-17-9-7-10-18(6-2)24(17)25-23(27)16-26-14-8-11-21(26)20-15-19(28-3)12-13-22(20)29-4/h7,9-10,12-13,15,21H,5-6,8,11,14,16H2,1-4H3,(H,25,27)/p+1/t21-/m0/s1. The summed E-state index contributed by atoms with van der Waals surface area (Å²) in [5, 5.41) is 3.22. The minimum absolute atomic E-state index is 0.0735. The van der Waals surface area contributed by atoms with Crippen LogP contribution in [-0.2, 0) is 17.6 Å². The van der Waals surface area contributed by atoms with Crippen LogP contribution in [0.25, 0.3) is 0 Å². The lowest BCUT2D eigenvalue weighted by molar-refractivity contribution is -0.910. The highest BCUT2D eigenvalue weighted by Gasteiger charge is 2.34. The molecular formula is C24H33N2O3+. The number of nitrogens with one attached hydrogen (secondary N) is 2. The Kier molecular flexibility index (Phi) is 7.15. The third-order valence-electron chi connectivity index (χ3n) is 5.95. The topological polar surface area (TPSA) is 52.0 Å². The number of anilines is 1.